The molecule has 1 aromatic carbocycles. The number of benzene rings is 1. The van der Waals surface area contributed by atoms with Crippen LogP contribution in [0.15, 0.2) is 18.2 Å². The van der Waals surface area contributed by atoms with Gasteiger partial charge in [-0.15, -0.1) is 0 Å². The average Bonchev–Trinajstić information content (AvgIpc) is 2.28. The van der Waals surface area contributed by atoms with Crippen molar-refractivity contribution in [2.45, 2.75) is 13.3 Å². The quantitative estimate of drug-likeness (QED) is 0.699. The molecule has 0 aliphatic rings. The van der Waals surface area contributed by atoms with Gasteiger partial charge in [0.15, 0.2) is 0 Å². The molecule has 0 aliphatic carbocycles. The van der Waals surface area contributed by atoms with E-state index < -0.39 is 0 Å². The number of rotatable bonds is 6. The standard InChI is InChI=1S/C12H16ClN3OS/c1-2-15-10(17)6-7-16-9-5-3-4-8(13)11(9)12(14)18/h3-5,16H,2,6-7H2,1H3,(H2,14,18)(H,15,17). The average molecular weight is 286 g/mol. The number of carbonyl (C=O) groups is 1. The lowest BCUT2D eigenvalue weighted by Gasteiger charge is -2.12. The Morgan fingerprint density at radius 2 is 2.22 bits per heavy atom. The highest BCUT2D eigenvalue weighted by Crippen LogP contribution is 2.24. The zero-order valence-electron chi connectivity index (χ0n) is 10.1. The van der Waals surface area contributed by atoms with Crippen LogP contribution in [0.4, 0.5) is 5.69 Å². The SMILES string of the molecule is CCNC(=O)CCNc1cccc(Cl)c1C(N)=S. The van der Waals surface area contributed by atoms with Crippen LogP contribution < -0.4 is 16.4 Å². The number of hydrogen-bond acceptors (Lipinski definition) is 3. The van der Waals surface area contributed by atoms with E-state index in [0.717, 1.165) is 5.69 Å². The van der Waals surface area contributed by atoms with E-state index in [0.29, 0.717) is 30.1 Å². The zero-order chi connectivity index (χ0) is 13.5. The van der Waals surface area contributed by atoms with Gasteiger partial charge in [-0.3, -0.25) is 4.79 Å². The van der Waals surface area contributed by atoms with E-state index >= 15 is 0 Å². The minimum Gasteiger partial charge on any atom is -0.389 e. The molecular formula is C12H16ClN3OS. The van der Waals surface area contributed by atoms with Gasteiger partial charge in [-0.1, -0.05) is 29.9 Å². The molecule has 4 nitrogen and oxygen atoms in total. The van der Waals surface area contributed by atoms with Crippen molar-refractivity contribution in [2.24, 2.45) is 5.73 Å². The van der Waals surface area contributed by atoms with Crippen molar-refractivity contribution in [2.75, 3.05) is 18.4 Å². The van der Waals surface area contributed by atoms with Gasteiger partial charge in [0, 0.05) is 25.2 Å². The van der Waals surface area contributed by atoms with Crippen LogP contribution in [0.25, 0.3) is 0 Å². The van der Waals surface area contributed by atoms with Crippen molar-refractivity contribution < 1.29 is 4.79 Å². The Labute approximate surface area is 117 Å². The smallest absolute Gasteiger partial charge is 0.221 e. The highest BCUT2D eigenvalue weighted by atomic mass is 35.5. The maximum atomic E-state index is 11.3. The third-order valence-electron chi connectivity index (χ3n) is 2.30. The molecular weight excluding hydrogens is 270 g/mol. The number of amides is 1. The number of carbonyl (C=O) groups excluding carboxylic acids is 1. The summed E-state index contributed by atoms with van der Waals surface area (Å²) in [4.78, 5) is 11.5. The van der Waals surface area contributed by atoms with Gasteiger partial charge in [-0.2, -0.15) is 0 Å². The lowest BCUT2D eigenvalue weighted by atomic mass is 10.1. The summed E-state index contributed by atoms with van der Waals surface area (Å²) in [6.07, 6.45) is 0.386. The van der Waals surface area contributed by atoms with Crippen LogP contribution in [0.1, 0.15) is 18.9 Å². The summed E-state index contributed by atoms with van der Waals surface area (Å²) in [5.74, 6) is 0.00361. The number of nitrogens with two attached hydrogens (primary N) is 1. The van der Waals surface area contributed by atoms with Crippen molar-refractivity contribution in [3.05, 3.63) is 28.8 Å². The Balaban J connectivity index is 2.65. The maximum absolute atomic E-state index is 11.3. The molecule has 0 aliphatic heterocycles. The number of nitrogens with one attached hydrogen (secondary N) is 2. The first-order valence-electron chi connectivity index (χ1n) is 5.65. The summed E-state index contributed by atoms with van der Waals surface area (Å²) in [5.41, 5.74) is 6.99. The van der Waals surface area contributed by atoms with Crippen molar-refractivity contribution in [1.82, 2.24) is 5.32 Å². The first-order chi connectivity index (χ1) is 8.56. The molecule has 0 unspecified atom stereocenters. The van der Waals surface area contributed by atoms with E-state index in [1.165, 1.54) is 0 Å². The number of hydrogen-bond donors (Lipinski definition) is 3. The van der Waals surface area contributed by atoms with E-state index in [1.54, 1.807) is 12.1 Å². The summed E-state index contributed by atoms with van der Waals surface area (Å²) in [7, 11) is 0. The molecule has 0 saturated carbocycles. The van der Waals surface area contributed by atoms with Crippen LogP contribution in [0.3, 0.4) is 0 Å². The van der Waals surface area contributed by atoms with Gasteiger partial charge in [-0.25, -0.2) is 0 Å². The topological polar surface area (TPSA) is 67.2 Å². The second-order valence-electron chi connectivity index (χ2n) is 3.66. The highest BCUT2D eigenvalue weighted by molar-refractivity contribution is 7.80. The molecule has 0 atom stereocenters. The summed E-state index contributed by atoms with van der Waals surface area (Å²) in [6.45, 7) is 3.02. The fourth-order valence-electron chi connectivity index (χ4n) is 1.52. The van der Waals surface area contributed by atoms with Gasteiger partial charge in [-0.05, 0) is 19.1 Å². The Kier molecular flexibility index (Phi) is 5.88. The van der Waals surface area contributed by atoms with E-state index in [4.69, 9.17) is 29.6 Å². The highest BCUT2D eigenvalue weighted by Gasteiger charge is 2.09. The second kappa shape index (κ2) is 7.18. The number of thiocarbonyl (C=S) groups is 1. The van der Waals surface area contributed by atoms with Crippen LogP contribution in [0, 0.1) is 0 Å². The largest absolute Gasteiger partial charge is 0.389 e. The lowest BCUT2D eigenvalue weighted by molar-refractivity contribution is -0.120. The number of halogens is 1. The Morgan fingerprint density at radius 3 is 2.83 bits per heavy atom. The predicted octanol–water partition coefficient (Wildman–Crippen LogP) is 1.91. The molecule has 0 heterocycles. The van der Waals surface area contributed by atoms with E-state index in [-0.39, 0.29) is 10.9 Å². The van der Waals surface area contributed by atoms with Gasteiger partial charge in [0.05, 0.1) is 10.6 Å². The van der Waals surface area contributed by atoms with E-state index in [9.17, 15) is 4.79 Å². The molecule has 0 aromatic heterocycles. The van der Waals surface area contributed by atoms with Crippen molar-refractivity contribution in [1.29, 1.82) is 0 Å². The molecule has 18 heavy (non-hydrogen) atoms. The van der Waals surface area contributed by atoms with Crippen LogP contribution in [-0.4, -0.2) is 24.0 Å². The van der Waals surface area contributed by atoms with Crippen LogP contribution in [0.2, 0.25) is 5.02 Å². The van der Waals surface area contributed by atoms with Crippen molar-refractivity contribution in [3.8, 4) is 0 Å². The van der Waals surface area contributed by atoms with Crippen molar-refractivity contribution in [3.63, 3.8) is 0 Å². The van der Waals surface area contributed by atoms with Crippen LogP contribution in [0.5, 0.6) is 0 Å². The molecule has 0 bridgehead atoms. The molecule has 1 rings (SSSR count). The third kappa shape index (κ3) is 4.16. The Morgan fingerprint density at radius 1 is 1.50 bits per heavy atom. The Hall–Kier alpha value is -1.33. The molecule has 4 N–H and O–H groups in total. The molecule has 6 heteroatoms. The van der Waals surface area contributed by atoms with Crippen molar-refractivity contribution >= 4 is 40.4 Å². The molecule has 1 aromatic rings. The molecule has 0 radical (unpaired) electrons. The van der Waals surface area contributed by atoms with E-state index in [2.05, 4.69) is 10.6 Å². The lowest BCUT2D eigenvalue weighted by Crippen LogP contribution is -2.25. The monoisotopic (exact) mass is 285 g/mol. The van der Waals surface area contributed by atoms with Gasteiger partial charge in [0.1, 0.15) is 4.99 Å². The van der Waals surface area contributed by atoms with Crippen LogP contribution >= 0.6 is 23.8 Å². The predicted molar refractivity (Wildman–Crippen MR) is 79.1 cm³/mol. The summed E-state index contributed by atoms with van der Waals surface area (Å²) >= 11 is 11.0. The first-order valence-corrected chi connectivity index (χ1v) is 6.43. The van der Waals surface area contributed by atoms with Gasteiger partial charge in [0.25, 0.3) is 0 Å². The fourth-order valence-corrected chi connectivity index (χ4v) is 2.07. The Bertz CT molecular complexity index is 451. The summed E-state index contributed by atoms with van der Waals surface area (Å²) < 4.78 is 0. The molecule has 0 fully saturated rings. The number of anilines is 1. The fraction of sp³-hybridized carbons (Fsp3) is 0.333. The maximum Gasteiger partial charge on any atom is 0.221 e. The molecule has 1 amide bonds. The molecule has 0 spiro atoms. The zero-order valence-corrected chi connectivity index (χ0v) is 11.7. The minimum atomic E-state index is 0.00361. The van der Waals surface area contributed by atoms with Gasteiger partial charge >= 0.3 is 0 Å². The van der Waals surface area contributed by atoms with Gasteiger partial charge < -0.3 is 16.4 Å². The van der Waals surface area contributed by atoms with Gasteiger partial charge in [0.2, 0.25) is 5.91 Å². The minimum absolute atomic E-state index is 0.00361. The molecule has 98 valence electrons. The normalized spacial score (nSPS) is 9.89. The summed E-state index contributed by atoms with van der Waals surface area (Å²) in [5, 5.41) is 6.34. The third-order valence-corrected chi connectivity index (χ3v) is 2.82. The first kappa shape index (κ1) is 14.7. The molecule has 0 saturated heterocycles. The van der Waals surface area contributed by atoms with E-state index in [1.807, 2.05) is 13.0 Å². The second-order valence-corrected chi connectivity index (χ2v) is 4.50. The summed E-state index contributed by atoms with van der Waals surface area (Å²) in [6, 6.07) is 5.36. The van der Waals surface area contributed by atoms with Crippen LogP contribution in [-0.2, 0) is 4.79 Å².